The molecule has 2 aromatic heterocycles. The molecule has 7 nitrogen and oxygen atoms in total. The zero-order chi connectivity index (χ0) is 14.2. The van der Waals surface area contributed by atoms with Gasteiger partial charge in [-0.2, -0.15) is 0 Å². The molecule has 104 valence electrons. The van der Waals surface area contributed by atoms with Gasteiger partial charge in [-0.25, -0.2) is 23.1 Å². The minimum absolute atomic E-state index is 0.0484. The Morgan fingerprint density at radius 2 is 2.16 bits per heavy atom. The van der Waals surface area contributed by atoms with E-state index < -0.39 is 10.0 Å². The lowest BCUT2D eigenvalue weighted by molar-refractivity contribution is 0.462. The van der Waals surface area contributed by atoms with Crippen molar-refractivity contribution in [3.8, 4) is 0 Å². The third-order valence-electron chi connectivity index (χ3n) is 2.58. The molecular weight excluding hydrogens is 292 g/mol. The van der Waals surface area contributed by atoms with Crippen LogP contribution in [0.25, 0.3) is 0 Å². The minimum atomic E-state index is -3.79. The van der Waals surface area contributed by atoms with Gasteiger partial charge in [-0.3, -0.25) is 0 Å². The molecule has 0 saturated carbocycles. The number of hydrogen-bond acceptors (Lipinski definition) is 5. The third kappa shape index (κ3) is 2.80. The second-order valence-electron chi connectivity index (χ2n) is 4.03. The van der Waals surface area contributed by atoms with Gasteiger partial charge in [0.1, 0.15) is 10.9 Å². The zero-order valence-electron chi connectivity index (χ0n) is 10.6. The number of imidazole rings is 1. The van der Waals surface area contributed by atoms with Gasteiger partial charge in [-0.1, -0.05) is 11.6 Å². The Hall–Kier alpha value is -1.38. The van der Waals surface area contributed by atoms with Gasteiger partial charge >= 0.3 is 0 Å². The van der Waals surface area contributed by atoms with Gasteiger partial charge in [-0.05, 0) is 13.8 Å². The summed E-state index contributed by atoms with van der Waals surface area (Å²) in [7, 11) is -2.18. The van der Waals surface area contributed by atoms with Gasteiger partial charge < -0.3 is 8.98 Å². The van der Waals surface area contributed by atoms with Crippen molar-refractivity contribution in [2.45, 2.75) is 25.4 Å². The maximum atomic E-state index is 12.0. The Morgan fingerprint density at radius 1 is 1.47 bits per heavy atom. The summed E-state index contributed by atoms with van der Waals surface area (Å²) in [5.74, 6) is 0.954. The second kappa shape index (κ2) is 4.95. The van der Waals surface area contributed by atoms with Crippen LogP contribution in [0.1, 0.15) is 17.3 Å². The Morgan fingerprint density at radius 3 is 2.63 bits per heavy atom. The number of oxazole rings is 1. The van der Waals surface area contributed by atoms with Gasteiger partial charge in [0.15, 0.2) is 0 Å². The molecule has 0 radical (unpaired) electrons. The van der Waals surface area contributed by atoms with E-state index in [-0.39, 0.29) is 16.7 Å². The largest absolute Gasteiger partial charge is 0.444 e. The van der Waals surface area contributed by atoms with Crippen LogP contribution in [0.4, 0.5) is 0 Å². The molecular formula is C10H13ClN4O3S. The molecule has 0 unspecified atom stereocenters. The summed E-state index contributed by atoms with van der Waals surface area (Å²) in [6.07, 6.45) is 1.33. The number of halogens is 1. The van der Waals surface area contributed by atoms with Gasteiger partial charge in [-0.15, -0.1) is 0 Å². The molecule has 19 heavy (non-hydrogen) atoms. The van der Waals surface area contributed by atoms with Crippen molar-refractivity contribution in [2.24, 2.45) is 7.05 Å². The molecule has 0 aliphatic rings. The SMILES string of the molecule is Cc1nc(CNS(=O)(=O)c2ncn(C)c2Cl)oc1C. The molecule has 2 rings (SSSR count). The van der Waals surface area contributed by atoms with Crippen LogP contribution in [0.2, 0.25) is 5.15 Å². The average Bonchev–Trinajstić information content (AvgIpc) is 2.82. The van der Waals surface area contributed by atoms with Crippen molar-refractivity contribution in [2.75, 3.05) is 0 Å². The molecule has 2 heterocycles. The van der Waals surface area contributed by atoms with Gasteiger partial charge in [0.05, 0.1) is 18.6 Å². The molecule has 0 atom stereocenters. The monoisotopic (exact) mass is 304 g/mol. The highest BCUT2D eigenvalue weighted by Crippen LogP contribution is 2.18. The van der Waals surface area contributed by atoms with Crippen molar-refractivity contribution < 1.29 is 12.8 Å². The molecule has 9 heteroatoms. The van der Waals surface area contributed by atoms with Crippen molar-refractivity contribution >= 4 is 21.6 Å². The maximum absolute atomic E-state index is 12.0. The van der Waals surface area contributed by atoms with E-state index in [1.54, 1.807) is 20.9 Å². The molecule has 0 fully saturated rings. The van der Waals surface area contributed by atoms with E-state index in [1.807, 2.05) is 0 Å². The first kappa shape index (κ1) is 14.0. The molecule has 1 N–H and O–H groups in total. The highest BCUT2D eigenvalue weighted by Gasteiger charge is 2.22. The van der Waals surface area contributed by atoms with Crippen LogP contribution in [-0.2, 0) is 23.6 Å². The van der Waals surface area contributed by atoms with Crippen LogP contribution < -0.4 is 4.72 Å². The van der Waals surface area contributed by atoms with E-state index in [9.17, 15) is 8.42 Å². The molecule has 0 aliphatic carbocycles. The second-order valence-corrected chi connectivity index (χ2v) is 6.07. The van der Waals surface area contributed by atoms with Gasteiger partial charge in [0.2, 0.25) is 10.9 Å². The summed E-state index contributed by atoms with van der Waals surface area (Å²) in [6, 6.07) is 0. The number of sulfonamides is 1. The summed E-state index contributed by atoms with van der Waals surface area (Å²) >= 11 is 5.85. The predicted molar refractivity (Wildman–Crippen MR) is 68.2 cm³/mol. The molecule has 2 aromatic rings. The van der Waals surface area contributed by atoms with E-state index in [4.69, 9.17) is 16.0 Å². The quantitative estimate of drug-likeness (QED) is 0.915. The molecule has 0 amide bonds. The fourth-order valence-electron chi connectivity index (χ4n) is 1.41. The van der Waals surface area contributed by atoms with Crippen LogP contribution in [0, 0.1) is 13.8 Å². The standard InChI is InChI=1S/C10H13ClN4O3S/c1-6-7(2)18-8(14-6)4-13-19(16,17)10-9(11)15(3)5-12-10/h5,13H,4H2,1-3H3. The topological polar surface area (TPSA) is 90.0 Å². The van der Waals surface area contributed by atoms with E-state index >= 15 is 0 Å². The van der Waals surface area contributed by atoms with E-state index in [2.05, 4.69) is 14.7 Å². The third-order valence-corrected chi connectivity index (χ3v) is 4.47. The summed E-state index contributed by atoms with van der Waals surface area (Å²) < 4.78 is 33.0. The summed E-state index contributed by atoms with van der Waals surface area (Å²) in [4.78, 5) is 7.83. The number of aryl methyl sites for hydroxylation is 3. The number of aromatic nitrogens is 3. The minimum Gasteiger partial charge on any atom is -0.444 e. The van der Waals surface area contributed by atoms with Crippen molar-refractivity contribution in [1.29, 1.82) is 0 Å². The normalized spacial score (nSPS) is 12.0. The zero-order valence-corrected chi connectivity index (χ0v) is 12.2. The first-order valence-corrected chi connectivity index (χ1v) is 7.27. The van der Waals surface area contributed by atoms with Gasteiger partial charge in [0, 0.05) is 7.05 Å². The Balaban J connectivity index is 2.16. The van der Waals surface area contributed by atoms with Crippen molar-refractivity contribution in [3.63, 3.8) is 0 Å². The summed E-state index contributed by atoms with van der Waals surface area (Å²) in [5, 5.41) is -0.163. The Kier molecular flexibility index (Phi) is 3.66. The average molecular weight is 305 g/mol. The summed E-state index contributed by atoms with van der Waals surface area (Å²) in [5.41, 5.74) is 0.727. The number of nitrogens with zero attached hydrogens (tertiary/aromatic N) is 3. The van der Waals surface area contributed by atoms with E-state index in [1.165, 1.54) is 10.9 Å². The van der Waals surface area contributed by atoms with Crippen LogP contribution in [0.5, 0.6) is 0 Å². The molecule has 0 aromatic carbocycles. The van der Waals surface area contributed by atoms with Crippen LogP contribution >= 0.6 is 11.6 Å². The smallest absolute Gasteiger partial charge is 0.261 e. The molecule has 0 bridgehead atoms. The number of hydrogen-bond donors (Lipinski definition) is 1. The molecule has 0 spiro atoms. The van der Waals surface area contributed by atoms with Gasteiger partial charge in [0.25, 0.3) is 10.0 Å². The fourth-order valence-corrected chi connectivity index (χ4v) is 2.81. The summed E-state index contributed by atoms with van der Waals surface area (Å²) in [6.45, 7) is 3.49. The van der Waals surface area contributed by atoms with Crippen molar-refractivity contribution in [1.82, 2.24) is 19.3 Å². The lowest BCUT2D eigenvalue weighted by atomic mass is 10.4. The Bertz CT molecular complexity index is 685. The van der Waals surface area contributed by atoms with Crippen molar-refractivity contribution in [3.05, 3.63) is 28.8 Å². The Labute approximate surface area is 115 Å². The fraction of sp³-hybridized carbons (Fsp3) is 0.400. The maximum Gasteiger partial charge on any atom is 0.261 e. The van der Waals surface area contributed by atoms with E-state index in [0.717, 1.165) is 5.69 Å². The first-order chi connectivity index (χ1) is 8.81. The van der Waals surface area contributed by atoms with Crippen LogP contribution in [0.15, 0.2) is 15.8 Å². The first-order valence-electron chi connectivity index (χ1n) is 5.40. The molecule has 0 saturated heterocycles. The predicted octanol–water partition coefficient (Wildman–Crippen LogP) is 1.16. The molecule has 0 aliphatic heterocycles. The lowest BCUT2D eigenvalue weighted by Gasteiger charge is -2.02. The van der Waals surface area contributed by atoms with Crippen LogP contribution in [0.3, 0.4) is 0 Å². The highest BCUT2D eigenvalue weighted by atomic mass is 35.5. The van der Waals surface area contributed by atoms with E-state index in [0.29, 0.717) is 11.7 Å². The number of nitrogens with one attached hydrogen (secondary N) is 1. The number of rotatable bonds is 4. The highest BCUT2D eigenvalue weighted by molar-refractivity contribution is 7.89. The van der Waals surface area contributed by atoms with Crippen LogP contribution in [-0.4, -0.2) is 23.0 Å². The lowest BCUT2D eigenvalue weighted by Crippen LogP contribution is -2.24.